The van der Waals surface area contributed by atoms with Crippen molar-refractivity contribution in [1.29, 1.82) is 0 Å². The van der Waals surface area contributed by atoms with E-state index in [2.05, 4.69) is 10.2 Å². The maximum Gasteiger partial charge on any atom is 0.296 e. The van der Waals surface area contributed by atoms with E-state index in [1.165, 1.54) is 51.7 Å². The Morgan fingerprint density at radius 2 is 2.06 bits per heavy atom. The molecule has 0 aliphatic carbocycles. The average molecular weight is 550 g/mol. The highest BCUT2D eigenvalue weighted by Gasteiger charge is 2.47. The van der Waals surface area contributed by atoms with Crippen LogP contribution in [0.3, 0.4) is 0 Å². The van der Waals surface area contributed by atoms with Crippen LogP contribution in [0.2, 0.25) is 10.0 Å². The molecule has 1 atom stereocenters. The number of aromatic nitrogens is 2. The van der Waals surface area contributed by atoms with Crippen LogP contribution < -0.4 is 4.90 Å². The molecule has 4 aromatic rings. The zero-order valence-electron chi connectivity index (χ0n) is 17.0. The van der Waals surface area contributed by atoms with Crippen LogP contribution in [0.5, 0.6) is 0 Å². The van der Waals surface area contributed by atoms with E-state index < -0.39 is 23.5 Å². The molecule has 0 radical (unpaired) electrons. The molecular weight excluding hydrogens is 537 g/mol. The van der Waals surface area contributed by atoms with Crippen molar-refractivity contribution >= 4 is 74.5 Å². The number of hydrogen-bond acceptors (Lipinski definition) is 9. The number of furan rings is 1. The number of carbonyl (C=O) groups excluding carboxylic acids is 2. The van der Waals surface area contributed by atoms with Crippen LogP contribution in [0.1, 0.15) is 27.0 Å². The van der Waals surface area contributed by atoms with E-state index in [0.29, 0.717) is 25.0 Å². The average Bonchev–Trinajstić information content (AvgIpc) is 3.62. The van der Waals surface area contributed by atoms with Crippen LogP contribution in [0.15, 0.2) is 74.2 Å². The molecule has 1 N–H and O–H groups in total. The first-order valence-electron chi connectivity index (χ1n) is 9.72. The molecule has 4 heterocycles. The predicted octanol–water partition coefficient (Wildman–Crippen LogP) is 6.57. The Morgan fingerprint density at radius 1 is 1.21 bits per heavy atom. The Hall–Kier alpha value is -2.63. The Morgan fingerprint density at radius 3 is 2.76 bits per heavy atom. The summed E-state index contributed by atoms with van der Waals surface area (Å²) in [5, 5.41) is 22.3. The number of aliphatic hydroxyl groups is 1. The fourth-order valence-corrected chi connectivity index (χ4v) is 6.68. The molecule has 7 nitrogen and oxygen atoms in total. The van der Waals surface area contributed by atoms with Gasteiger partial charge >= 0.3 is 0 Å². The van der Waals surface area contributed by atoms with Crippen LogP contribution in [0.25, 0.3) is 0 Å². The summed E-state index contributed by atoms with van der Waals surface area (Å²) in [5.74, 6) is -1.35. The molecule has 3 aromatic heterocycles. The Balaban J connectivity index is 1.44. The predicted molar refractivity (Wildman–Crippen MR) is 133 cm³/mol. The van der Waals surface area contributed by atoms with Gasteiger partial charge in [0.05, 0.1) is 11.8 Å². The number of aliphatic hydroxyl groups excluding tert-OH is 1. The second kappa shape index (κ2) is 9.55. The molecule has 1 aliphatic heterocycles. The van der Waals surface area contributed by atoms with E-state index in [1.54, 1.807) is 24.3 Å². The van der Waals surface area contributed by atoms with E-state index >= 15 is 0 Å². The van der Waals surface area contributed by atoms with Crippen molar-refractivity contribution in [3.8, 4) is 0 Å². The molecule has 34 heavy (non-hydrogen) atoms. The highest BCUT2D eigenvalue weighted by Crippen LogP contribution is 2.45. The van der Waals surface area contributed by atoms with Crippen molar-refractivity contribution in [3.05, 3.63) is 91.7 Å². The zero-order chi connectivity index (χ0) is 23.8. The Bertz CT molecular complexity index is 1400. The lowest BCUT2D eigenvalue weighted by Crippen LogP contribution is -2.30. The van der Waals surface area contributed by atoms with Crippen molar-refractivity contribution in [2.24, 2.45) is 0 Å². The largest absolute Gasteiger partial charge is 0.503 e. The van der Waals surface area contributed by atoms with Gasteiger partial charge in [-0.15, -0.1) is 21.5 Å². The van der Waals surface area contributed by atoms with Gasteiger partial charge in [0.25, 0.3) is 5.91 Å². The minimum absolute atomic E-state index is 0.0334. The highest BCUT2D eigenvalue weighted by atomic mass is 35.5. The van der Waals surface area contributed by atoms with E-state index in [1.807, 2.05) is 17.5 Å². The lowest BCUT2D eigenvalue weighted by molar-refractivity contribution is -0.117. The van der Waals surface area contributed by atoms with Crippen LogP contribution in [-0.4, -0.2) is 27.0 Å². The van der Waals surface area contributed by atoms with Gasteiger partial charge in [0, 0.05) is 20.7 Å². The topological polar surface area (TPSA) is 96.5 Å². The van der Waals surface area contributed by atoms with Crippen molar-refractivity contribution in [2.45, 2.75) is 16.1 Å². The quantitative estimate of drug-likeness (QED) is 0.158. The summed E-state index contributed by atoms with van der Waals surface area (Å²) >= 11 is 16.2. The van der Waals surface area contributed by atoms with Crippen molar-refractivity contribution in [1.82, 2.24) is 10.2 Å². The summed E-state index contributed by atoms with van der Waals surface area (Å²) in [6.45, 7) is 0. The second-order valence-corrected chi connectivity index (χ2v) is 11.0. The normalized spacial score (nSPS) is 16.0. The molecule has 0 saturated heterocycles. The number of amides is 1. The lowest BCUT2D eigenvalue weighted by atomic mass is 10.0. The number of carbonyl (C=O) groups is 2. The number of anilines is 1. The monoisotopic (exact) mass is 549 g/mol. The number of nitrogens with zero attached hydrogens (tertiary/aromatic N) is 3. The Kier molecular flexibility index (Phi) is 6.50. The molecule has 1 aromatic carbocycles. The van der Waals surface area contributed by atoms with Crippen LogP contribution in [0, 0.1) is 0 Å². The van der Waals surface area contributed by atoms with E-state index in [-0.39, 0.29) is 16.5 Å². The number of ketones is 1. The van der Waals surface area contributed by atoms with Crippen LogP contribution >= 0.6 is 57.6 Å². The first-order chi connectivity index (χ1) is 16.4. The third-order valence-electron chi connectivity index (χ3n) is 4.98. The molecule has 1 aliphatic rings. The molecule has 0 saturated carbocycles. The molecule has 0 bridgehead atoms. The van der Waals surface area contributed by atoms with Gasteiger partial charge in [-0.1, -0.05) is 58.4 Å². The second-order valence-electron chi connectivity index (χ2n) is 7.04. The molecule has 1 amide bonds. The van der Waals surface area contributed by atoms with Crippen LogP contribution in [-0.2, 0) is 10.5 Å². The smallest absolute Gasteiger partial charge is 0.296 e. The number of rotatable bonds is 7. The number of Topliss-reactive ketones (excluding diaryl/α,β-unsaturated/α-hetero) is 1. The van der Waals surface area contributed by atoms with Gasteiger partial charge in [-0.3, -0.25) is 14.5 Å². The van der Waals surface area contributed by atoms with Gasteiger partial charge in [-0.2, -0.15) is 0 Å². The van der Waals surface area contributed by atoms with Crippen LogP contribution in [0.4, 0.5) is 5.13 Å². The molecule has 1 unspecified atom stereocenters. The molecule has 172 valence electrons. The maximum atomic E-state index is 13.1. The highest BCUT2D eigenvalue weighted by molar-refractivity contribution is 8.00. The van der Waals surface area contributed by atoms with E-state index in [4.69, 9.17) is 27.6 Å². The van der Waals surface area contributed by atoms with Gasteiger partial charge in [-0.05, 0) is 41.3 Å². The molecule has 0 spiro atoms. The van der Waals surface area contributed by atoms with Gasteiger partial charge in [0.2, 0.25) is 10.9 Å². The van der Waals surface area contributed by atoms with Crippen molar-refractivity contribution < 1.29 is 19.1 Å². The lowest BCUT2D eigenvalue weighted by Gasteiger charge is -2.22. The minimum atomic E-state index is -0.846. The van der Waals surface area contributed by atoms with Crippen molar-refractivity contribution in [2.75, 3.05) is 4.90 Å². The number of halogens is 2. The fourth-order valence-electron chi connectivity index (χ4n) is 3.43. The number of hydrogen-bond donors (Lipinski definition) is 1. The van der Waals surface area contributed by atoms with Gasteiger partial charge < -0.3 is 9.52 Å². The first-order valence-corrected chi connectivity index (χ1v) is 13.2. The Labute approximate surface area is 215 Å². The van der Waals surface area contributed by atoms with Gasteiger partial charge in [0.15, 0.2) is 15.9 Å². The maximum absolute atomic E-state index is 13.1. The number of thiophene rings is 1. The molecule has 12 heteroatoms. The third kappa shape index (κ3) is 4.27. The number of thioether (sulfide) groups is 1. The van der Waals surface area contributed by atoms with E-state index in [0.717, 1.165) is 5.56 Å². The first kappa shape index (κ1) is 23.1. The minimum Gasteiger partial charge on any atom is -0.503 e. The molecule has 0 fully saturated rings. The summed E-state index contributed by atoms with van der Waals surface area (Å²) in [7, 11) is 0. The summed E-state index contributed by atoms with van der Waals surface area (Å²) in [6.07, 6.45) is 1.36. The van der Waals surface area contributed by atoms with Gasteiger partial charge in [0.1, 0.15) is 6.04 Å². The van der Waals surface area contributed by atoms with Crippen molar-refractivity contribution in [3.63, 3.8) is 0 Å². The SMILES string of the molecule is O=C(C1=C(O)C(=O)N(c2nnc(SCc3ccc(Cl)cc3Cl)s2)C1c1cccs1)c1ccco1. The molecular formula is C22H13Cl2N3O4S3. The summed E-state index contributed by atoms with van der Waals surface area (Å²) < 4.78 is 5.82. The molecule has 5 rings (SSSR count). The van der Waals surface area contributed by atoms with E-state index in [9.17, 15) is 14.7 Å². The van der Waals surface area contributed by atoms with Gasteiger partial charge in [-0.25, -0.2) is 0 Å². The third-order valence-corrected chi connectivity index (χ3v) is 8.59. The fraction of sp³-hybridized carbons (Fsp3) is 0.0909. The summed E-state index contributed by atoms with van der Waals surface area (Å²) in [4.78, 5) is 28.2. The summed E-state index contributed by atoms with van der Waals surface area (Å²) in [5.41, 5.74) is 0.826. The number of benzene rings is 1. The zero-order valence-corrected chi connectivity index (χ0v) is 20.9. The standard InChI is InChI=1S/C22H13Cl2N3O4S3/c23-12-6-5-11(13(24)9-12)10-33-22-26-25-21(34-22)27-17(15-4-2-8-32-15)16(19(29)20(27)30)18(28)14-3-1-7-31-14/h1-9,17,29H,10H2. The summed E-state index contributed by atoms with van der Waals surface area (Å²) in [6, 6.07) is 11.1.